The van der Waals surface area contributed by atoms with Gasteiger partial charge in [-0.05, 0) is 18.9 Å². The first-order valence-corrected chi connectivity index (χ1v) is 4.91. The Balaban J connectivity index is 2.87. The molecule has 0 aliphatic carbocycles. The Kier molecular flexibility index (Phi) is 8.27. The Labute approximate surface area is 76.9 Å². The molecule has 0 unspecified atom stereocenters. The van der Waals surface area contributed by atoms with E-state index in [0.29, 0.717) is 6.54 Å². The van der Waals surface area contributed by atoms with E-state index in [9.17, 15) is 0 Å². The van der Waals surface area contributed by atoms with Gasteiger partial charge in [-0.15, -0.1) is 6.42 Å². The molecule has 0 aromatic carbocycles. The van der Waals surface area contributed by atoms with E-state index in [1.165, 1.54) is 25.7 Å². The fourth-order valence-corrected chi connectivity index (χ4v) is 1.14. The van der Waals surface area contributed by atoms with Crippen LogP contribution in [0.15, 0.2) is 0 Å². The van der Waals surface area contributed by atoms with E-state index in [1.807, 2.05) is 0 Å². The standard InChI is InChI=1S/C11H21N/c1-4-9-12-10-7-5-6-8-11(2)3/h1,11-12H,5-10H2,2-3H3. The highest BCUT2D eigenvalue weighted by Crippen LogP contribution is 2.07. The smallest absolute Gasteiger partial charge is 0.0573 e. The topological polar surface area (TPSA) is 12.0 Å². The maximum Gasteiger partial charge on any atom is 0.0573 e. The summed E-state index contributed by atoms with van der Waals surface area (Å²) >= 11 is 0. The fourth-order valence-electron chi connectivity index (χ4n) is 1.14. The third-order valence-corrected chi connectivity index (χ3v) is 1.86. The lowest BCUT2D eigenvalue weighted by molar-refractivity contribution is 0.520. The summed E-state index contributed by atoms with van der Waals surface area (Å²) in [6.07, 6.45) is 10.4. The van der Waals surface area contributed by atoms with Crippen LogP contribution < -0.4 is 5.32 Å². The Morgan fingerprint density at radius 1 is 1.25 bits per heavy atom. The molecular formula is C11H21N. The molecule has 0 rings (SSSR count). The average molecular weight is 167 g/mol. The van der Waals surface area contributed by atoms with Crippen molar-refractivity contribution < 1.29 is 0 Å². The van der Waals surface area contributed by atoms with E-state index < -0.39 is 0 Å². The van der Waals surface area contributed by atoms with E-state index in [-0.39, 0.29) is 0 Å². The van der Waals surface area contributed by atoms with Crippen molar-refractivity contribution in [2.45, 2.75) is 39.5 Å². The molecule has 70 valence electrons. The molecule has 1 heteroatoms. The van der Waals surface area contributed by atoms with Crippen molar-refractivity contribution in [3.63, 3.8) is 0 Å². The van der Waals surface area contributed by atoms with Crippen molar-refractivity contribution in [3.8, 4) is 12.3 Å². The predicted molar refractivity (Wildman–Crippen MR) is 55.0 cm³/mol. The van der Waals surface area contributed by atoms with Crippen LogP contribution in [-0.2, 0) is 0 Å². The lowest BCUT2D eigenvalue weighted by atomic mass is 10.1. The van der Waals surface area contributed by atoms with Crippen LogP contribution in [-0.4, -0.2) is 13.1 Å². The molecule has 0 saturated carbocycles. The molecule has 0 aliphatic rings. The van der Waals surface area contributed by atoms with Crippen LogP contribution in [0.1, 0.15) is 39.5 Å². The Hall–Kier alpha value is -0.480. The number of rotatable bonds is 7. The van der Waals surface area contributed by atoms with Crippen LogP contribution >= 0.6 is 0 Å². The van der Waals surface area contributed by atoms with Crippen LogP contribution in [0.3, 0.4) is 0 Å². The van der Waals surface area contributed by atoms with E-state index in [4.69, 9.17) is 6.42 Å². The van der Waals surface area contributed by atoms with Gasteiger partial charge in [-0.3, -0.25) is 0 Å². The second-order valence-corrected chi connectivity index (χ2v) is 3.62. The Bertz CT molecular complexity index is 121. The molecule has 0 saturated heterocycles. The van der Waals surface area contributed by atoms with Crippen molar-refractivity contribution in [1.29, 1.82) is 0 Å². The number of unbranched alkanes of at least 4 members (excludes halogenated alkanes) is 2. The Morgan fingerprint density at radius 2 is 2.00 bits per heavy atom. The molecule has 0 spiro atoms. The van der Waals surface area contributed by atoms with Crippen LogP contribution in [0.25, 0.3) is 0 Å². The van der Waals surface area contributed by atoms with Crippen molar-refractivity contribution in [2.75, 3.05) is 13.1 Å². The van der Waals surface area contributed by atoms with Gasteiger partial charge in [-0.2, -0.15) is 0 Å². The maximum atomic E-state index is 5.10. The maximum absolute atomic E-state index is 5.10. The molecule has 12 heavy (non-hydrogen) atoms. The zero-order chi connectivity index (χ0) is 9.23. The van der Waals surface area contributed by atoms with Crippen molar-refractivity contribution >= 4 is 0 Å². The first-order chi connectivity index (χ1) is 5.77. The average Bonchev–Trinajstić information content (AvgIpc) is 2.02. The van der Waals surface area contributed by atoms with Gasteiger partial charge >= 0.3 is 0 Å². The Morgan fingerprint density at radius 3 is 2.58 bits per heavy atom. The SMILES string of the molecule is C#CCNCCCCCC(C)C. The largest absolute Gasteiger partial charge is 0.306 e. The first-order valence-electron chi connectivity index (χ1n) is 4.91. The quantitative estimate of drug-likeness (QED) is 0.453. The fraction of sp³-hybridized carbons (Fsp3) is 0.818. The van der Waals surface area contributed by atoms with Gasteiger partial charge in [0.25, 0.3) is 0 Å². The van der Waals surface area contributed by atoms with Crippen LogP contribution in [0.2, 0.25) is 0 Å². The number of hydrogen-bond acceptors (Lipinski definition) is 1. The van der Waals surface area contributed by atoms with E-state index in [0.717, 1.165) is 12.5 Å². The van der Waals surface area contributed by atoms with Gasteiger partial charge in [-0.25, -0.2) is 0 Å². The highest BCUT2D eigenvalue weighted by Gasteiger charge is 1.93. The molecule has 0 atom stereocenters. The van der Waals surface area contributed by atoms with E-state index in [1.54, 1.807) is 0 Å². The molecule has 0 fully saturated rings. The molecule has 1 nitrogen and oxygen atoms in total. The van der Waals surface area contributed by atoms with Crippen molar-refractivity contribution in [1.82, 2.24) is 5.32 Å². The summed E-state index contributed by atoms with van der Waals surface area (Å²) < 4.78 is 0. The van der Waals surface area contributed by atoms with Crippen LogP contribution in [0, 0.1) is 18.3 Å². The summed E-state index contributed by atoms with van der Waals surface area (Å²) in [5.41, 5.74) is 0. The highest BCUT2D eigenvalue weighted by atomic mass is 14.8. The van der Waals surface area contributed by atoms with Gasteiger partial charge in [0.1, 0.15) is 0 Å². The molecule has 0 radical (unpaired) electrons. The minimum atomic E-state index is 0.712. The molecule has 1 N–H and O–H groups in total. The molecule has 0 bridgehead atoms. The summed E-state index contributed by atoms with van der Waals surface area (Å²) in [4.78, 5) is 0. The minimum Gasteiger partial charge on any atom is -0.306 e. The lowest BCUT2D eigenvalue weighted by Gasteiger charge is -2.03. The van der Waals surface area contributed by atoms with Crippen LogP contribution in [0.4, 0.5) is 0 Å². The van der Waals surface area contributed by atoms with Gasteiger partial charge < -0.3 is 5.32 Å². The van der Waals surface area contributed by atoms with Crippen LogP contribution in [0.5, 0.6) is 0 Å². The zero-order valence-corrected chi connectivity index (χ0v) is 8.40. The van der Waals surface area contributed by atoms with Gasteiger partial charge in [0, 0.05) is 0 Å². The second-order valence-electron chi connectivity index (χ2n) is 3.62. The summed E-state index contributed by atoms with van der Waals surface area (Å²) in [6, 6.07) is 0. The van der Waals surface area contributed by atoms with E-state index >= 15 is 0 Å². The van der Waals surface area contributed by atoms with Gasteiger partial charge in [0.2, 0.25) is 0 Å². The zero-order valence-electron chi connectivity index (χ0n) is 8.40. The number of nitrogens with one attached hydrogen (secondary N) is 1. The second kappa shape index (κ2) is 8.62. The van der Waals surface area contributed by atoms with E-state index in [2.05, 4.69) is 25.1 Å². The third kappa shape index (κ3) is 9.52. The molecule has 0 amide bonds. The third-order valence-electron chi connectivity index (χ3n) is 1.86. The predicted octanol–water partition coefficient (Wildman–Crippen LogP) is 2.43. The lowest BCUT2D eigenvalue weighted by Crippen LogP contribution is -2.14. The van der Waals surface area contributed by atoms with Gasteiger partial charge in [-0.1, -0.05) is 39.0 Å². The summed E-state index contributed by atoms with van der Waals surface area (Å²) in [6.45, 7) is 6.33. The number of hydrogen-bond donors (Lipinski definition) is 1. The number of terminal acetylenes is 1. The first kappa shape index (κ1) is 11.5. The van der Waals surface area contributed by atoms with Gasteiger partial charge in [0.15, 0.2) is 0 Å². The summed E-state index contributed by atoms with van der Waals surface area (Å²) in [5, 5.41) is 3.19. The molecular weight excluding hydrogens is 146 g/mol. The van der Waals surface area contributed by atoms with Crippen molar-refractivity contribution in [2.24, 2.45) is 5.92 Å². The molecule has 0 aliphatic heterocycles. The summed E-state index contributed by atoms with van der Waals surface area (Å²) in [5.74, 6) is 3.42. The highest BCUT2D eigenvalue weighted by molar-refractivity contribution is 4.86. The molecule has 0 aromatic heterocycles. The minimum absolute atomic E-state index is 0.712. The normalized spacial score (nSPS) is 10.2. The van der Waals surface area contributed by atoms with Crippen molar-refractivity contribution in [3.05, 3.63) is 0 Å². The molecule has 0 aromatic rings. The monoisotopic (exact) mass is 167 g/mol. The van der Waals surface area contributed by atoms with Gasteiger partial charge in [0.05, 0.1) is 6.54 Å². The molecule has 0 heterocycles. The summed E-state index contributed by atoms with van der Waals surface area (Å²) in [7, 11) is 0.